The molecule has 1 aromatic carbocycles. The van der Waals surface area contributed by atoms with Gasteiger partial charge in [0.1, 0.15) is 10.8 Å². The van der Waals surface area contributed by atoms with Gasteiger partial charge in [0.2, 0.25) is 0 Å². The zero-order valence-corrected chi connectivity index (χ0v) is 17.4. The molecule has 0 spiro atoms. The molecule has 1 saturated heterocycles. The number of pyridine rings is 1. The molecule has 27 heavy (non-hydrogen) atoms. The number of anilines is 2. The van der Waals surface area contributed by atoms with E-state index in [1.165, 1.54) is 19.3 Å². The Morgan fingerprint density at radius 1 is 1.07 bits per heavy atom. The fourth-order valence-corrected chi connectivity index (χ4v) is 4.22. The van der Waals surface area contributed by atoms with Gasteiger partial charge in [0.15, 0.2) is 0 Å². The number of nitrogens with two attached hydrogens (primary N) is 1. The molecule has 3 heterocycles. The van der Waals surface area contributed by atoms with Crippen molar-refractivity contribution in [3.05, 3.63) is 46.9 Å². The number of benzene rings is 1. The molecule has 0 amide bonds. The molecule has 1 aliphatic heterocycles. The molecule has 4 nitrogen and oxygen atoms in total. The van der Waals surface area contributed by atoms with Crippen LogP contribution >= 0.6 is 22.9 Å². The summed E-state index contributed by atoms with van der Waals surface area (Å²) < 4.78 is 0. The molecule has 0 atom stereocenters. The number of halogens is 1. The van der Waals surface area contributed by atoms with Crippen molar-refractivity contribution in [2.45, 2.75) is 33.1 Å². The molecule has 0 radical (unpaired) electrons. The second-order valence-electron chi connectivity index (χ2n) is 6.23. The predicted molar refractivity (Wildman–Crippen MR) is 118 cm³/mol. The first-order valence-electron chi connectivity index (χ1n) is 9.43. The van der Waals surface area contributed by atoms with E-state index in [-0.39, 0.29) is 0 Å². The first-order valence-corrected chi connectivity index (χ1v) is 10.7. The van der Waals surface area contributed by atoms with E-state index in [4.69, 9.17) is 22.3 Å². The molecule has 0 unspecified atom stereocenters. The molecule has 3 aromatic rings. The standard InChI is InChI=1S/C19H19ClN4S.C2H6/c20-16-11-14(21)4-5-15(16)17-12-25-19(23-17)13-6-7-22-18(10-13)24-8-2-1-3-9-24;1-2/h4-7,10-12H,1-3,8-9,21H2;1-2H3. The van der Waals surface area contributed by atoms with Crippen molar-refractivity contribution in [2.75, 3.05) is 23.7 Å². The monoisotopic (exact) mass is 400 g/mol. The second kappa shape index (κ2) is 9.20. The third-order valence-corrected chi connectivity index (χ3v) is 5.65. The Balaban J connectivity index is 0.00000102. The molecule has 0 bridgehead atoms. The Morgan fingerprint density at radius 2 is 1.85 bits per heavy atom. The van der Waals surface area contributed by atoms with Crippen LogP contribution in [-0.4, -0.2) is 23.1 Å². The van der Waals surface area contributed by atoms with Crippen LogP contribution in [-0.2, 0) is 0 Å². The van der Waals surface area contributed by atoms with Crippen molar-refractivity contribution in [3.63, 3.8) is 0 Å². The lowest BCUT2D eigenvalue weighted by molar-refractivity contribution is 0.573. The number of rotatable bonds is 3. The molecule has 142 valence electrons. The highest BCUT2D eigenvalue weighted by molar-refractivity contribution is 7.13. The average Bonchev–Trinajstić information content (AvgIpc) is 3.20. The van der Waals surface area contributed by atoms with Crippen molar-refractivity contribution in [1.82, 2.24) is 9.97 Å². The van der Waals surface area contributed by atoms with Gasteiger partial charge >= 0.3 is 0 Å². The van der Waals surface area contributed by atoms with Gasteiger partial charge in [0.05, 0.1) is 10.7 Å². The van der Waals surface area contributed by atoms with Gasteiger partial charge in [-0.2, -0.15) is 0 Å². The van der Waals surface area contributed by atoms with Gasteiger partial charge in [-0.3, -0.25) is 0 Å². The highest BCUT2D eigenvalue weighted by atomic mass is 35.5. The normalized spacial score (nSPS) is 13.8. The molecule has 4 rings (SSSR count). The summed E-state index contributed by atoms with van der Waals surface area (Å²) >= 11 is 7.93. The highest BCUT2D eigenvalue weighted by Crippen LogP contribution is 2.34. The Hall–Kier alpha value is -2.11. The zero-order valence-electron chi connectivity index (χ0n) is 15.8. The number of aromatic nitrogens is 2. The summed E-state index contributed by atoms with van der Waals surface area (Å²) in [5, 5.41) is 3.64. The maximum Gasteiger partial charge on any atom is 0.129 e. The lowest BCUT2D eigenvalue weighted by Crippen LogP contribution is -2.30. The maximum atomic E-state index is 6.31. The Morgan fingerprint density at radius 3 is 2.59 bits per heavy atom. The van der Waals surface area contributed by atoms with E-state index in [1.54, 1.807) is 17.4 Å². The van der Waals surface area contributed by atoms with Gasteiger partial charge in [0, 0.05) is 41.5 Å². The Labute approximate surface area is 170 Å². The Bertz CT molecular complexity index is 887. The molecule has 1 fully saturated rings. The highest BCUT2D eigenvalue weighted by Gasteiger charge is 2.14. The van der Waals surface area contributed by atoms with Crippen LogP contribution in [0.3, 0.4) is 0 Å². The lowest BCUT2D eigenvalue weighted by atomic mass is 10.1. The van der Waals surface area contributed by atoms with E-state index in [2.05, 4.69) is 16.0 Å². The van der Waals surface area contributed by atoms with Crippen molar-refractivity contribution in [1.29, 1.82) is 0 Å². The summed E-state index contributed by atoms with van der Waals surface area (Å²) in [4.78, 5) is 11.7. The largest absolute Gasteiger partial charge is 0.399 e. The molecule has 2 aromatic heterocycles. The average molecular weight is 401 g/mol. The van der Waals surface area contributed by atoms with E-state index in [0.29, 0.717) is 10.7 Å². The van der Waals surface area contributed by atoms with Crippen LogP contribution in [0.5, 0.6) is 0 Å². The molecule has 6 heteroatoms. The number of thiazole rings is 1. The van der Waals surface area contributed by atoms with E-state index in [0.717, 1.165) is 40.7 Å². The van der Waals surface area contributed by atoms with E-state index >= 15 is 0 Å². The van der Waals surface area contributed by atoms with Crippen molar-refractivity contribution < 1.29 is 0 Å². The molecular formula is C21H25ClN4S. The van der Waals surface area contributed by atoms with E-state index in [9.17, 15) is 0 Å². The van der Waals surface area contributed by atoms with Crippen molar-refractivity contribution >= 4 is 34.4 Å². The summed E-state index contributed by atoms with van der Waals surface area (Å²) in [6.07, 6.45) is 5.66. The van der Waals surface area contributed by atoms with Crippen LogP contribution in [0.15, 0.2) is 41.9 Å². The molecular weight excluding hydrogens is 376 g/mol. The van der Waals surface area contributed by atoms with Crippen LogP contribution in [0, 0.1) is 0 Å². The first-order chi connectivity index (χ1) is 13.2. The topological polar surface area (TPSA) is 55.0 Å². The number of piperidine rings is 1. The number of nitrogen functional groups attached to an aromatic ring is 1. The molecule has 2 N–H and O–H groups in total. The van der Waals surface area contributed by atoms with Crippen LogP contribution < -0.4 is 10.6 Å². The lowest BCUT2D eigenvalue weighted by Gasteiger charge is -2.27. The summed E-state index contributed by atoms with van der Waals surface area (Å²) in [7, 11) is 0. The summed E-state index contributed by atoms with van der Waals surface area (Å²) in [6.45, 7) is 6.17. The number of nitrogens with zero attached hydrogens (tertiary/aromatic N) is 3. The van der Waals surface area contributed by atoms with Crippen LogP contribution in [0.4, 0.5) is 11.5 Å². The minimum Gasteiger partial charge on any atom is -0.399 e. The summed E-state index contributed by atoms with van der Waals surface area (Å²) in [5.41, 5.74) is 9.31. The van der Waals surface area contributed by atoms with Crippen molar-refractivity contribution in [2.24, 2.45) is 0 Å². The van der Waals surface area contributed by atoms with Gasteiger partial charge in [0.25, 0.3) is 0 Å². The van der Waals surface area contributed by atoms with Crippen LogP contribution in [0.1, 0.15) is 33.1 Å². The molecule has 0 saturated carbocycles. The smallest absolute Gasteiger partial charge is 0.129 e. The van der Waals surface area contributed by atoms with E-state index in [1.807, 2.05) is 43.6 Å². The fraction of sp³-hybridized carbons (Fsp3) is 0.333. The maximum absolute atomic E-state index is 6.31. The van der Waals surface area contributed by atoms with Crippen LogP contribution in [0.25, 0.3) is 21.8 Å². The predicted octanol–water partition coefficient (Wildman–Crippen LogP) is 6.12. The van der Waals surface area contributed by atoms with Gasteiger partial charge in [-0.1, -0.05) is 25.4 Å². The quantitative estimate of drug-likeness (QED) is 0.537. The van der Waals surface area contributed by atoms with Gasteiger partial charge in [-0.25, -0.2) is 9.97 Å². The molecule has 0 aliphatic carbocycles. The van der Waals surface area contributed by atoms with E-state index < -0.39 is 0 Å². The fourth-order valence-electron chi connectivity index (χ4n) is 3.12. The molecule has 1 aliphatic rings. The van der Waals surface area contributed by atoms with Crippen molar-refractivity contribution in [3.8, 4) is 21.8 Å². The SMILES string of the molecule is CC.Nc1ccc(-c2csc(-c3ccnc(N4CCCCC4)c3)n2)c(Cl)c1. The summed E-state index contributed by atoms with van der Waals surface area (Å²) in [6, 6.07) is 9.68. The first kappa shape index (κ1) is 19.6. The number of hydrogen-bond acceptors (Lipinski definition) is 5. The van der Waals surface area contributed by atoms with Crippen LogP contribution in [0.2, 0.25) is 5.02 Å². The third kappa shape index (κ3) is 4.60. The summed E-state index contributed by atoms with van der Waals surface area (Å²) in [5.74, 6) is 1.04. The number of hydrogen-bond donors (Lipinski definition) is 1. The minimum atomic E-state index is 0.626. The minimum absolute atomic E-state index is 0.626. The van der Waals surface area contributed by atoms with Gasteiger partial charge < -0.3 is 10.6 Å². The second-order valence-corrected chi connectivity index (χ2v) is 7.49. The Kier molecular flexibility index (Phi) is 6.69. The zero-order chi connectivity index (χ0) is 19.2. The third-order valence-electron chi connectivity index (χ3n) is 4.45. The van der Waals surface area contributed by atoms with Gasteiger partial charge in [-0.15, -0.1) is 11.3 Å². The van der Waals surface area contributed by atoms with Gasteiger partial charge in [-0.05, 0) is 49.6 Å².